The molecule has 0 spiro atoms. The van der Waals surface area contributed by atoms with Crippen molar-refractivity contribution in [1.82, 2.24) is 10.2 Å². The molecule has 2 fully saturated rings. The number of nitrogens with zero attached hydrogens (tertiary/aromatic N) is 1. The predicted octanol–water partition coefficient (Wildman–Crippen LogP) is 0.0690. The van der Waals surface area contributed by atoms with E-state index in [0.29, 0.717) is 12.2 Å². The van der Waals surface area contributed by atoms with Crippen LogP contribution in [-0.4, -0.2) is 50.3 Å². The molecule has 0 atom stereocenters. The Hall–Kier alpha value is -0.120. The molecule has 2 rings (SSSR count). The molecule has 2 aliphatic heterocycles. The summed E-state index contributed by atoms with van der Waals surface area (Å²) in [6.07, 6.45) is 3.48. The van der Waals surface area contributed by atoms with Gasteiger partial charge in [0.05, 0.1) is 12.2 Å². The molecule has 2 saturated heterocycles. The molecule has 0 aromatic rings. The van der Waals surface area contributed by atoms with Crippen molar-refractivity contribution in [2.75, 3.05) is 33.2 Å². The van der Waals surface area contributed by atoms with Crippen LogP contribution in [0, 0.1) is 0 Å². The SMILES string of the molecule is CN1CCC(OC2CNC2)CC1. The first-order valence-corrected chi connectivity index (χ1v) is 4.89. The van der Waals surface area contributed by atoms with Gasteiger partial charge in [-0.15, -0.1) is 0 Å². The summed E-state index contributed by atoms with van der Waals surface area (Å²) in [5.74, 6) is 0. The van der Waals surface area contributed by atoms with E-state index in [1.807, 2.05) is 0 Å². The molecule has 0 aliphatic carbocycles. The van der Waals surface area contributed by atoms with Gasteiger partial charge in [0.15, 0.2) is 0 Å². The highest BCUT2D eigenvalue weighted by atomic mass is 16.5. The fourth-order valence-corrected chi connectivity index (χ4v) is 1.75. The Kier molecular flexibility index (Phi) is 2.63. The zero-order chi connectivity index (χ0) is 8.39. The van der Waals surface area contributed by atoms with Crippen LogP contribution in [-0.2, 0) is 4.74 Å². The summed E-state index contributed by atoms with van der Waals surface area (Å²) in [7, 11) is 2.18. The van der Waals surface area contributed by atoms with Gasteiger partial charge >= 0.3 is 0 Å². The van der Waals surface area contributed by atoms with Gasteiger partial charge in [-0.1, -0.05) is 0 Å². The van der Waals surface area contributed by atoms with E-state index in [9.17, 15) is 0 Å². The highest BCUT2D eigenvalue weighted by Gasteiger charge is 2.24. The van der Waals surface area contributed by atoms with Crippen LogP contribution in [0.4, 0.5) is 0 Å². The van der Waals surface area contributed by atoms with Crippen molar-refractivity contribution in [3.05, 3.63) is 0 Å². The number of piperidine rings is 1. The highest BCUT2D eigenvalue weighted by Crippen LogP contribution is 2.15. The average Bonchev–Trinajstić information content (AvgIpc) is 2.00. The van der Waals surface area contributed by atoms with Crippen LogP contribution in [0.15, 0.2) is 0 Å². The third kappa shape index (κ3) is 1.97. The van der Waals surface area contributed by atoms with Crippen molar-refractivity contribution >= 4 is 0 Å². The largest absolute Gasteiger partial charge is 0.372 e. The minimum Gasteiger partial charge on any atom is -0.372 e. The van der Waals surface area contributed by atoms with E-state index in [1.165, 1.54) is 25.9 Å². The maximum Gasteiger partial charge on any atom is 0.0827 e. The molecule has 0 aromatic carbocycles. The Morgan fingerprint density at radius 3 is 2.33 bits per heavy atom. The standard InChI is InChI=1S/C9H18N2O/c1-11-4-2-8(3-5-11)12-9-6-10-7-9/h8-10H,2-7H2,1H3. The van der Waals surface area contributed by atoms with Crippen LogP contribution in [0.3, 0.4) is 0 Å². The van der Waals surface area contributed by atoms with Gasteiger partial charge in [0.1, 0.15) is 0 Å². The molecule has 3 heteroatoms. The third-order valence-corrected chi connectivity index (χ3v) is 2.79. The first-order chi connectivity index (χ1) is 5.84. The van der Waals surface area contributed by atoms with E-state index in [1.54, 1.807) is 0 Å². The Balaban J connectivity index is 1.67. The molecule has 70 valence electrons. The van der Waals surface area contributed by atoms with Crippen LogP contribution in [0.5, 0.6) is 0 Å². The van der Waals surface area contributed by atoms with Crippen molar-refractivity contribution in [3.63, 3.8) is 0 Å². The van der Waals surface area contributed by atoms with Crippen LogP contribution < -0.4 is 5.32 Å². The predicted molar refractivity (Wildman–Crippen MR) is 48.3 cm³/mol. The first kappa shape index (κ1) is 8.48. The smallest absolute Gasteiger partial charge is 0.0827 e. The van der Waals surface area contributed by atoms with Crippen LogP contribution in [0.2, 0.25) is 0 Å². The maximum absolute atomic E-state index is 5.89. The Morgan fingerprint density at radius 2 is 1.83 bits per heavy atom. The Morgan fingerprint density at radius 1 is 1.17 bits per heavy atom. The third-order valence-electron chi connectivity index (χ3n) is 2.79. The van der Waals surface area contributed by atoms with Crippen molar-refractivity contribution in [2.24, 2.45) is 0 Å². The summed E-state index contributed by atoms with van der Waals surface area (Å²) >= 11 is 0. The van der Waals surface area contributed by atoms with Crippen LogP contribution in [0.25, 0.3) is 0 Å². The number of hydrogen-bond donors (Lipinski definition) is 1. The van der Waals surface area contributed by atoms with Gasteiger partial charge < -0.3 is 15.0 Å². The molecular weight excluding hydrogens is 152 g/mol. The quantitative estimate of drug-likeness (QED) is 0.634. The molecule has 3 nitrogen and oxygen atoms in total. The molecule has 1 N–H and O–H groups in total. The number of ether oxygens (including phenoxy) is 1. The molecule has 2 aliphatic rings. The summed E-state index contributed by atoms with van der Waals surface area (Å²) in [6.45, 7) is 4.52. The molecule has 0 aromatic heterocycles. The fraction of sp³-hybridized carbons (Fsp3) is 1.00. The lowest BCUT2D eigenvalue weighted by Gasteiger charge is -2.35. The summed E-state index contributed by atoms with van der Waals surface area (Å²) in [5.41, 5.74) is 0. The Bertz CT molecular complexity index is 139. The van der Waals surface area contributed by atoms with Crippen molar-refractivity contribution in [3.8, 4) is 0 Å². The highest BCUT2D eigenvalue weighted by molar-refractivity contribution is 4.79. The second kappa shape index (κ2) is 3.73. The van der Waals surface area contributed by atoms with E-state index in [4.69, 9.17) is 4.74 Å². The summed E-state index contributed by atoms with van der Waals surface area (Å²) in [5, 5.41) is 3.22. The van der Waals surface area contributed by atoms with E-state index in [-0.39, 0.29) is 0 Å². The summed E-state index contributed by atoms with van der Waals surface area (Å²) in [4.78, 5) is 2.37. The van der Waals surface area contributed by atoms with Crippen molar-refractivity contribution in [1.29, 1.82) is 0 Å². The lowest BCUT2D eigenvalue weighted by molar-refractivity contribution is -0.0596. The molecule has 12 heavy (non-hydrogen) atoms. The summed E-state index contributed by atoms with van der Waals surface area (Å²) < 4.78 is 5.89. The van der Waals surface area contributed by atoms with Crippen molar-refractivity contribution < 1.29 is 4.74 Å². The van der Waals surface area contributed by atoms with Gasteiger partial charge in [-0.25, -0.2) is 0 Å². The number of nitrogens with one attached hydrogen (secondary N) is 1. The molecule has 0 unspecified atom stereocenters. The number of hydrogen-bond acceptors (Lipinski definition) is 3. The van der Waals surface area contributed by atoms with Gasteiger partial charge in [-0.05, 0) is 19.9 Å². The Labute approximate surface area is 74.1 Å². The van der Waals surface area contributed by atoms with Gasteiger partial charge in [0.2, 0.25) is 0 Å². The topological polar surface area (TPSA) is 24.5 Å². The average molecular weight is 170 g/mol. The lowest BCUT2D eigenvalue weighted by Crippen LogP contribution is -2.51. The zero-order valence-electron chi connectivity index (χ0n) is 7.75. The minimum atomic E-state index is 0.512. The molecule has 2 heterocycles. The monoisotopic (exact) mass is 170 g/mol. The van der Waals surface area contributed by atoms with Crippen LogP contribution in [0.1, 0.15) is 12.8 Å². The van der Waals surface area contributed by atoms with E-state index >= 15 is 0 Å². The van der Waals surface area contributed by atoms with Gasteiger partial charge in [-0.3, -0.25) is 0 Å². The maximum atomic E-state index is 5.89. The van der Waals surface area contributed by atoms with Gasteiger partial charge in [-0.2, -0.15) is 0 Å². The molecule has 0 bridgehead atoms. The fourth-order valence-electron chi connectivity index (χ4n) is 1.75. The van der Waals surface area contributed by atoms with Crippen molar-refractivity contribution in [2.45, 2.75) is 25.0 Å². The second-order valence-corrected chi connectivity index (χ2v) is 3.92. The first-order valence-electron chi connectivity index (χ1n) is 4.89. The van der Waals surface area contributed by atoms with E-state index in [0.717, 1.165) is 13.1 Å². The van der Waals surface area contributed by atoms with Crippen LogP contribution >= 0.6 is 0 Å². The molecule has 0 radical (unpaired) electrons. The number of likely N-dealkylation sites (tertiary alicyclic amines) is 1. The van der Waals surface area contributed by atoms with Gasteiger partial charge in [0, 0.05) is 26.2 Å². The molecular formula is C9H18N2O. The minimum absolute atomic E-state index is 0.512. The number of rotatable bonds is 2. The zero-order valence-corrected chi connectivity index (χ0v) is 7.75. The molecule has 0 saturated carbocycles. The van der Waals surface area contributed by atoms with E-state index in [2.05, 4.69) is 17.3 Å². The molecule has 0 amide bonds. The van der Waals surface area contributed by atoms with Gasteiger partial charge in [0.25, 0.3) is 0 Å². The lowest BCUT2D eigenvalue weighted by atomic mass is 10.1. The normalized spacial score (nSPS) is 28.8. The second-order valence-electron chi connectivity index (χ2n) is 3.92. The van der Waals surface area contributed by atoms with E-state index < -0.39 is 0 Å². The summed E-state index contributed by atoms with van der Waals surface area (Å²) in [6, 6.07) is 0.